The van der Waals surface area contributed by atoms with Gasteiger partial charge in [0.25, 0.3) is 0 Å². The van der Waals surface area contributed by atoms with Crippen molar-refractivity contribution in [3.63, 3.8) is 0 Å². The molecule has 0 aliphatic heterocycles. The van der Waals surface area contributed by atoms with E-state index in [1.54, 1.807) is 25.6 Å². The number of carbonyl (C=O) groups excluding carboxylic acids is 4. The molecule has 2 aromatic rings. The second kappa shape index (κ2) is 51.3. The van der Waals surface area contributed by atoms with E-state index in [2.05, 4.69) is 87.0 Å². The Balaban J connectivity index is -0.000000195. The normalized spacial score (nSPS) is 12.0. The Kier molecular flexibility index (Phi) is 57.2. The number of hydrogen-bond acceptors (Lipinski definition) is 15. The number of benzene rings is 2. The van der Waals surface area contributed by atoms with E-state index in [-0.39, 0.29) is 31.1 Å². The maximum absolute atomic E-state index is 12.4. The van der Waals surface area contributed by atoms with E-state index in [9.17, 15) is 45.5 Å². The van der Waals surface area contributed by atoms with Gasteiger partial charge in [0.1, 0.15) is 11.7 Å². The van der Waals surface area contributed by atoms with E-state index in [4.69, 9.17) is 26.3 Å². The fourth-order valence-electron chi connectivity index (χ4n) is 5.27. The van der Waals surface area contributed by atoms with Crippen molar-refractivity contribution in [1.29, 1.82) is 0 Å². The molecule has 2 unspecified atom stereocenters. The number of allylic oxidation sites excluding steroid dienone is 1. The third kappa shape index (κ3) is 45.4. The van der Waals surface area contributed by atoms with Crippen LogP contribution in [0.4, 0.5) is 26.3 Å². The number of alkyl halides is 6. The van der Waals surface area contributed by atoms with Gasteiger partial charge in [-0.2, -0.15) is 39.0 Å². The standard InChI is InChI=1S/C19H29NO3S.C12H21NO3.C7H8S.C6H15N.C2H6.2CF3O2S.Zn/c1-4-6-10-13-19(3,17(20-15-21)18(22)23-5-2)24-14-16-11-8-7-9-12-16;1-4-6-7-8-10(3)11(13-9-14)12(15)16-5-2;8-6-7-4-2-1-3-5-7;1-4-7(5-2)6-3;1-2;2*2-1(3,4)7(5)6;/h7-9,11-12,15,17H,4-6,10,13-14H2,1-3H3,(H,20,21);9H,4-8H2,1-3H3,(H,13,14);1-5,8H,6H2;4-6H2,1-3H3;1-2H3;;;/q;;;;;2*-1;+2. The molecule has 13 nitrogen and oxygen atoms in total. The average Bonchev–Trinajstić information content (AvgIpc) is 3.34. The Morgan fingerprint density at radius 3 is 1.44 bits per heavy atom. The molecule has 0 fully saturated rings. The summed E-state index contributed by atoms with van der Waals surface area (Å²) in [5, 5.41) is 5.11. The first-order chi connectivity index (χ1) is 33.4. The molecule has 0 radical (unpaired) electrons. The van der Waals surface area contributed by atoms with Crippen LogP contribution in [0.1, 0.15) is 139 Å². The summed E-state index contributed by atoms with van der Waals surface area (Å²) in [6.45, 7) is 26.4. The van der Waals surface area contributed by atoms with Gasteiger partial charge in [0, 0.05) is 37.7 Å². The van der Waals surface area contributed by atoms with Gasteiger partial charge >= 0.3 is 42.4 Å². The molecule has 24 heteroatoms. The number of unbranched alkanes of at least 4 members (excludes halogenated alkanes) is 4. The number of hydrogen-bond donors (Lipinski definition) is 3. The second-order valence-corrected chi connectivity index (χ2v) is 17.9. The Morgan fingerprint density at radius 2 is 1.12 bits per heavy atom. The zero-order valence-electron chi connectivity index (χ0n) is 43.8. The van der Waals surface area contributed by atoms with E-state index >= 15 is 0 Å². The maximum atomic E-state index is 12.4. The van der Waals surface area contributed by atoms with Crippen LogP contribution in [0, 0.1) is 0 Å². The Morgan fingerprint density at radius 1 is 0.708 bits per heavy atom. The molecule has 0 aromatic heterocycles. The van der Waals surface area contributed by atoms with Crippen LogP contribution < -0.4 is 10.6 Å². The van der Waals surface area contributed by atoms with Crippen LogP contribution in [0.3, 0.4) is 0 Å². The van der Waals surface area contributed by atoms with E-state index < -0.39 is 49.2 Å². The van der Waals surface area contributed by atoms with Gasteiger partial charge in [-0.1, -0.05) is 141 Å². The minimum absolute atomic E-state index is 0. The molecule has 2 amide bonds. The molecule has 0 aliphatic rings. The van der Waals surface area contributed by atoms with Crippen molar-refractivity contribution in [2.75, 3.05) is 32.8 Å². The molecular formula is C48H79F6N3O10S4Zn. The quantitative estimate of drug-likeness (QED) is 0.0132. The van der Waals surface area contributed by atoms with Crippen LogP contribution in [0.2, 0.25) is 0 Å². The Bertz CT molecular complexity index is 1780. The SMILES string of the molecule is CC.CCCCCC(C)(SCc1ccccc1)C(NC=O)C(=O)OCC.CCCCCC(C)=C(NC=O)C(=O)OCC.CCN(CC)CC.O=[S-](=O)C(F)(F)F.O=[S-](=O)C(F)(F)F.SCc1ccccc1.[Zn+2]. The summed E-state index contributed by atoms with van der Waals surface area (Å²) in [5.41, 5.74) is -6.53. The van der Waals surface area contributed by atoms with E-state index in [1.807, 2.05) is 64.1 Å². The van der Waals surface area contributed by atoms with Crippen LogP contribution in [0.15, 0.2) is 71.9 Å². The fourth-order valence-corrected chi connectivity index (χ4v) is 6.79. The first-order valence-corrected chi connectivity index (χ1v) is 27.0. The van der Waals surface area contributed by atoms with Crippen molar-refractivity contribution >= 4 is 70.6 Å². The van der Waals surface area contributed by atoms with E-state index in [0.717, 1.165) is 68.4 Å². The summed E-state index contributed by atoms with van der Waals surface area (Å²) in [6.07, 6.45) is 9.28. The van der Waals surface area contributed by atoms with Gasteiger partial charge in [-0.3, -0.25) is 9.59 Å². The number of nitrogens with one attached hydrogen (secondary N) is 2. The number of ether oxygens (including phenoxy) is 2. The van der Waals surface area contributed by atoms with Crippen molar-refractivity contribution in [3.8, 4) is 0 Å². The summed E-state index contributed by atoms with van der Waals surface area (Å²) in [6, 6.07) is 19.7. The van der Waals surface area contributed by atoms with Gasteiger partial charge in [-0.05, 0) is 83.3 Å². The number of esters is 2. The number of halogens is 6. The summed E-state index contributed by atoms with van der Waals surface area (Å²) in [4.78, 5) is 47.7. The number of thiol groups is 1. The predicted molar refractivity (Wildman–Crippen MR) is 276 cm³/mol. The molecule has 0 bridgehead atoms. The smallest absolute Gasteiger partial charge is 0.464 e. The molecule has 414 valence electrons. The minimum atomic E-state index is -5.08. The van der Waals surface area contributed by atoms with Crippen molar-refractivity contribution in [2.45, 2.75) is 161 Å². The Hall–Kier alpha value is -3.18. The van der Waals surface area contributed by atoms with E-state index in [1.165, 1.54) is 30.8 Å². The zero-order chi connectivity index (χ0) is 55.9. The van der Waals surface area contributed by atoms with Crippen LogP contribution in [0.5, 0.6) is 0 Å². The number of thioether (sulfide) groups is 1. The van der Waals surface area contributed by atoms with Crippen LogP contribution in [-0.4, -0.2) is 84.3 Å². The van der Waals surface area contributed by atoms with Crippen molar-refractivity contribution in [2.24, 2.45) is 0 Å². The number of rotatable bonds is 24. The van der Waals surface area contributed by atoms with Gasteiger partial charge in [0.05, 0.1) is 13.2 Å². The molecule has 0 spiro atoms. The van der Waals surface area contributed by atoms with Crippen molar-refractivity contribution in [1.82, 2.24) is 15.5 Å². The van der Waals surface area contributed by atoms with Gasteiger partial charge in [-0.25, -0.2) is 9.59 Å². The molecule has 2 N–H and O–H groups in total. The first-order valence-electron chi connectivity index (χ1n) is 23.2. The molecule has 2 atom stereocenters. The molecule has 0 heterocycles. The average molecular weight is 1170 g/mol. The minimum Gasteiger partial charge on any atom is -0.464 e. The summed E-state index contributed by atoms with van der Waals surface area (Å²) in [5.74, 6) is 0.813. The van der Waals surface area contributed by atoms with Crippen molar-refractivity contribution in [3.05, 3.63) is 83.1 Å². The molecule has 0 saturated carbocycles. The van der Waals surface area contributed by atoms with Crippen LogP contribution >= 0.6 is 24.4 Å². The first kappa shape index (κ1) is 80.2. The van der Waals surface area contributed by atoms with Crippen LogP contribution in [-0.2, 0) is 97.9 Å². The predicted octanol–water partition coefficient (Wildman–Crippen LogP) is 12.2. The van der Waals surface area contributed by atoms with E-state index in [0.29, 0.717) is 26.0 Å². The second-order valence-electron chi connectivity index (χ2n) is 14.2. The monoisotopic (exact) mass is 1160 g/mol. The zero-order valence-corrected chi connectivity index (χ0v) is 50.1. The van der Waals surface area contributed by atoms with Crippen LogP contribution in [0.25, 0.3) is 0 Å². The third-order valence-corrected chi connectivity index (χ3v) is 11.8. The summed E-state index contributed by atoms with van der Waals surface area (Å²) >= 11 is 5.82. The molecule has 2 aromatic carbocycles. The fraction of sp³-hybridized carbons (Fsp3) is 0.625. The third-order valence-electron chi connectivity index (χ3n) is 9.07. The topological polar surface area (TPSA) is 182 Å². The number of nitrogens with zero attached hydrogens (tertiary/aromatic N) is 1. The largest absolute Gasteiger partial charge is 2.00 e. The number of amides is 2. The summed E-state index contributed by atoms with van der Waals surface area (Å²) < 4.78 is 109. The molecule has 0 saturated heterocycles. The molecule has 0 aliphatic carbocycles. The van der Waals surface area contributed by atoms with Gasteiger partial charge < -0.3 is 41.8 Å². The summed E-state index contributed by atoms with van der Waals surface area (Å²) in [7, 11) is -7.87. The molecular weight excluding hydrogens is 1090 g/mol. The van der Waals surface area contributed by atoms with Gasteiger partial charge in [-0.15, -0.1) is 11.8 Å². The van der Waals surface area contributed by atoms with Gasteiger partial charge in [0.2, 0.25) is 12.8 Å². The van der Waals surface area contributed by atoms with Gasteiger partial charge in [0.15, 0.2) is 0 Å². The Labute approximate surface area is 451 Å². The van der Waals surface area contributed by atoms with Crippen molar-refractivity contribution < 1.29 is 91.3 Å². The molecule has 2 rings (SSSR count). The maximum Gasteiger partial charge on any atom is 2.00 e. The number of carbonyl (C=O) groups is 4. The molecule has 72 heavy (non-hydrogen) atoms.